The molecule has 0 aromatic heterocycles. The van der Waals surface area contributed by atoms with Crippen molar-refractivity contribution in [3.05, 3.63) is 18.2 Å². The number of rotatable bonds is 6. The van der Waals surface area contributed by atoms with Crippen molar-refractivity contribution in [2.45, 2.75) is 19.4 Å². The van der Waals surface area contributed by atoms with E-state index >= 15 is 0 Å². The molecule has 9 heteroatoms. The highest BCUT2D eigenvalue weighted by Gasteiger charge is 2.21. The van der Waals surface area contributed by atoms with Gasteiger partial charge in [-0.25, -0.2) is 4.79 Å². The summed E-state index contributed by atoms with van der Waals surface area (Å²) in [5.74, 6) is -0.349. The molecule has 25 heavy (non-hydrogen) atoms. The van der Waals surface area contributed by atoms with Crippen LogP contribution in [0.3, 0.4) is 0 Å². The maximum atomic E-state index is 12.1. The predicted octanol–water partition coefficient (Wildman–Crippen LogP) is 0.901. The van der Waals surface area contributed by atoms with Gasteiger partial charge in [0.1, 0.15) is 13.2 Å². The van der Waals surface area contributed by atoms with Crippen LogP contribution in [0.25, 0.3) is 0 Å². The lowest BCUT2D eigenvalue weighted by molar-refractivity contribution is -0.138. The van der Waals surface area contributed by atoms with E-state index in [-0.39, 0.29) is 13.0 Å². The largest absolute Gasteiger partial charge is 0.486 e. The average Bonchev–Trinajstić information content (AvgIpc) is 2.58. The molecule has 0 bridgehead atoms. The summed E-state index contributed by atoms with van der Waals surface area (Å²) in [6.07, 6.45) is -0.0858. The molecule has 0 fully saturated rings. The van der Waals surface area contributed by atoms with Gasteiger partial charge in [0.15, 0.2) is 11.5 Å². The summed E-state index contributed by atoms with van der Waals surface area (Å²) in [6.45, 7) is 2.70. The minimum Gasteiger partial charge on any atom is -0.486 e. The predicted molar refractivity (Wildman–Crippen MR) is 88.9 cm³/mol. The zero-order valence-corrected chi connectivity index (χ0v) is 14.1. The number of imide groups is 1. The highest BCUT2D eigenvalue weighted by atomic mass is 16.6. The first-order valence-corrected chi connectivity index (χ1v) is 7.80. The van der Waals surface area contributed by atoms with E-state index in [9.17, 15) is 14.4 Å². The third-order valence-corrected chi connectivity index (χ3v) is 3.76. The number of ether oxygens (including phenoxy) is 2. The summed E-state index contributed by atoms with van der Waals surface area (Å²) in [5, 5.41) is 13.4. The van der Waals surface area contributed by atoms with E-state index in [1.54, 1.807) is 37.1 Å². The van der Waals surface area contributed by atoms with E-state index in [0.717, 1.165) is 0 Å². The molecule has 0 aliphatic carbocycles. The molecule has 136 valence electrons. The minimum absolute atomic E-state index is 0.0858. The number of nitrogens with zero attached hydrogens (tertiary/aromatic N) is 1. The molecule has 1 atom stereocenters. The van der Waals surface area contributed by atoms with Gasteiger partial charge in [-0.05, 0) is 26.1 Å². The van der Waals surface area contributed by atoms with Crippen LogP contribution in [0.5, 0.6) is 11.5 Å². The molecule has 3 N–H and O–H groups in total. The lowest BCUT2D eigenvalue weighted by Crippen LogP contribution is -2.47. The van der Waals surface area contributed by atoms with Crippen molar-refractivity contribution >= 4 is 23.6 Å². The Labute approximate surface area is 144 Å². The highest BCUT2D eigenvalue weighted by molar-refractivity contribution is 6.02. The number of carbonyl (C=O) groups is 3. The number of nitrogens with one attached hydrogen (secondary N) is 2. The van der Waals surface area contributed by atoms with Crippen LogP contribution >= 0.6 is 0 Å². The number of likely N-dealkylation sites (N-methyl/N-ethyl adjacent to an activating group) is 1. The molecule has 1 aliphatic heterocycles. The van der Waals surface area contributed by atoms with Crippen molar-refractivity contribution in [3.63, 3.8) is 0 Å². The highest BCUT2D eigenvalue weighted by Crippen LogP contribution is 2.32. The van der Waals surface area contributed by atoms with Crippen molar-refractivity contribution in [3.8, 4) is 11.5 Å². The summed E-state index contributed by atoms with van der Waals surface area (Å²) < 4.78 is 10.8. The number of amides is 3. The second kappa shape index (κ2) is 8.34. The topological polar surface area (TPSA) is 117 Å². The SMILES string of the molecule is CC(C(=O)NC(=O)Nc1ccc2c(c1)OCCO2)N(C)CCC(=O)O. The van der Waals surface area contributed by atoms with E-state index < -0.39 is 23.9 Å². The molecule has 0 radical (unpaired) electrons. The molecule has 0 saturated heterocycles. The maximum absolute atomic E-state index is 12.1. The lowest BCUT2D eigenvalue weighted by Gasteiger charge is -2.23. The number of anilines is 1. The monoisotopic (exact) mass is 351 g/mol. The Morgan fingerprint density at radius 3 is 2.60 bits per heavy atom. The van der Waals surface area contributed by atoms with Crippen molar-refractivity contribution in [2.24, 2.45) is 0 Å². The summed E-state index contributed by atoms with van der Waals surface area (Å²) >= 11 is 0. The average molecular weight is 351 g/mol. The first kappa shape index (κ1) is 18.5. The zero-order chi connectivity index (χ0) is 18.4. The molecule has 0 spiro atoms. The van der Waals surface area contributed by atoms with E-state index in [1.807, 2.05) is 0 Å². The van der Waals surface area contributed by atoms with Gasteiger partial charge in [0.25, 0.3) is 0 Å². The molecule has 9 nitrogen and oxygen atoms in total. The number of urea groups is 1. The van der Waals surface area contributed by atoms with E-state index in [1.165, 1.54) is 0 Å². The van der Waals surface area contributed by atoms with Crippen LogP contribution in [0.1, 0.15) is 13.3 Å². The number of hydrogen-bond donors (Lipinski definition) is 3. The van der Waals surface area contributed by atoms with Gasteiger partial charge in [-0.15, -0.1) is 0 Å². The van der Waals surface area contributed by atoms with Crippen LogP contribution in [-0.4, -0.2) is 60.8 Å². The van der Waals surface area contributed by atoms with Crippen molar-refractivity contribution in [1.82, 2.24) is 10.2 Å². The Hall–Kier alpha value is -2.81. The van der Waals surface area contributed by atoms with Crippen molar-refractivity contribution in [2.75, 3.05) is 32.1 Å². The van der Waals surface area contributed by atoms with Gasteiger partial charge in [-0.1, -0.05) is 0 Å². The third kappa shape index (κ3) is 5.35. The van der Waals surface area contributed by atoms with Crippen LogP contribution in [-0.2, 0) is 9.59 Å². The summed E-state index contributed by atoms with van der Waals surface area (Å²) in [7, 11) is 1.62. The first-order chi connectivity index (χ1) is 11.9. The van der Waals surface area contributed by atoms with Gasteiger partial charge in [0.2, 0.25) is 5.91 Å². The number of benzene rings is 1. The molecule has 1 aromatic carbocycles. The van der Waals surface area contributed by atoms with Crippen LogP contribution < -0.4 is 20.1 Å². The van der Waals surface area contributed by atoms with Gasteiger partial charge < -0.3 is 19.9 Å². The van der Waals surface area contributed by atoms with Crippen molar-refractivity contribution in [1.29, 1.82) is 0 Å². The Bertz CT molecular complexity index is 663. The fraction of sp³-hybridized carbons (Fsp3) is 0.438. The Kier molecular flexibility index (Phi) is 6.18. The molecular weight excluding hydrogens is 330 g/mol. The van der Waals surface area contributed by atoms with Crippen LogP contribution in [0.15, 0.2) is 18.2 Å². The molecule has 1 unspecified atom stereocenters. The maximum Gasteiger partial charge on any atom is 0.325 e. The van der Waals surface area contributed by atoms with Crippen LogP contribution in [0, 0.1) is 0 Å². The molecular formula is C16H21N3O6. The molecule has 3 amide bonds. The number of carbonyl (C=O) groups excluding carboxylic acids is 2. The van der Waals surface area contributed by atoms with Crippen LogP contribution in [0.2, 0.25) is 0 Å². The number of aliphatic carboxylic acids is 1. The number of carboxylic acids is 1. The lowest BCUT2D eigenvalue weighted by atomic mass is 10.2. The fourth-order valence-electron chi connectivity index (χ4n) is 2.17. The van der Waals surface area contributed by atoms with Gasteiger partial charge in [0, 0.05) is 18.3 Å². The van der Waals surface area contributed by atoms with Crippen LogP contribution in [0.4, 0.5) is 10.5 Å². The Balaban J connectivity index is 1.86. The number of fused-ring (bicyclic) bond motifs is 1. The minimum atomic E-state index is -0.948. The van der Waals surface area contributed by atoms with Gasteiger partial charge in [-0.3, -0.25) is 19.8 Å². The fourth-order valence-corrected chi connectivity index (χ4v) is 2.17. The van der Waals surface area contributed by atoms with Gasteiger partial charge in [0.05, 0.1) is 12.5 Å². The zero-order valence-electron chi connectivity index (χ0n) is 14.1. The molecule has 1 heterocycles. The molecule has 1 aromatic rings. The van der Waals surface area contributed by atoms with E-state index in [0.29, 0.717) is 30.4 Å². The first-order valence-electron chi connectivity index (χ1n) is 7.80. The molecule has 1 aliphatic rings. The summed E-state index contributed by atoms with van der Waals surface area (Å²) in [5.41, 5.74) is 0.460. The Morgan fingerprint density at radius 2 is 1.92 bits per heavy atom. The standard InChI is InChI=1S/C16H21N3O6/c1-10(19(2)6-5-14(20)21)15(22)18-16(23)17-11-3-4-12-13(9-11)25-8-7-24-12/h3-4,9-10H,5-8H2,1-2H3,(H,20,21)(H2,17,18,22,23). The van der Waals surface area contributed by atoms with Crippen molar-refractivity contribution < 1.29 is 29.0 Å². The molecule has 2 rings (SSSR count). The van der Waals surface area contributed by atoms with Gasteiger partial charge in [-0.2, -0.15) is 0 Å². The molecule has 0 saturated carbocycles. The quantitative estimate of drug-likeness (QED) is 0.697. The number of hydrogen-bond acceptors (Lipinski definition) is 6. The summed E-state index contributed by atoms with van der Waals surface area (Å²) in [6, 6.07) is 3.60. The van der Waals surface area contributed by atoms with Gasteiger partial charge >= 0.3 is 12.0 Å². The third-order valence-electron chi connectivity index (χ3n) is 3.76. The number of carboxylic acid groups (broad SMARTS) is 1. The second-order valence-corrected chi connectivity index (χ2v) is 5.60. The normalized spacial score (nSPS) is 13.9. The Morgan fingerprint density at radius 1 is 1.24 bits per heavy atom. The second-order valence-electron chi connectivity index (χ2n) is 5.60. The van der Waals surface area contributed by atoms with E-state index in [4.69, 9.17) is 14.6 Å². The van der Waals surface area contributed by atoms with E-state index in [2.05, 4.69) is 10.6 Å². The smallest absolute Gasteiger partial charge is 0.325 e. The summed E-state index contributed by atoms with van der Waals surface area (Å²) in [4.78, 5) is 36.1.